The number of hydrogen-bond acceptors (Lipinski definition) is 1. The summed E-state index contributed by atoms with van der Waals surface area (Å²) in [6, 6.07) is 41.4. The summed E-state index contributed by atoms with van der Waals surface area (Å²) in [7, 11) is 0. The van der Waals surface area contributed by atoms with Gasteiger partial charge in [0.15, 0.2) is 0 Å². The fraction of sp³-hybridized carbons (Fsp3) is 0.179. The third-order valence-electron chi connectivity index (χ3n) is 11.3. The van der Waals surface area contributed by atoms with E-state index in [1.807, 2.05) is 0 Å². The van der Waals surface area contributed by atoms with Gasteiger partial charge in [-0.05, 0) is 159 Å². The van der Waals surface area contributed by atoms with Crippen molar-refractivity contribution in [3.63, 3.8) is 0 Å². The van der Waals surface area contributed by atoms with E-state index in [-0.39, 0.29) is 5.41 Å². The number of benzene rings is 4. The third-order valence-corrected chi connectivity index (χ3v) is 11.7. The lowest BCUT2D eigenvalue weighted by atomic mass is 9.81. The van der Waals surface area contributed by atoms with Gasteiger partial charge in [-0.15, -0.1) is 12.6 Å². The molecule has 0 nitrogen and oxygen atoms in total. The number of rotatable bonds is 10. The molecule has 57 heavy (non-hydrogen) atoms. The molecule has 5 aromatic carbocycles. The van der Waals surface area contributed by atoms with Crippen LogP contribution in [0.15, 0.2) is 198 Å². The zero-order valence-electron chi connectivity index (χ0n) is 34.8. The van der Waals surface area contributed by atoms with Crippen molar-refractivity contribution in [3.05, 3.63) is 215 Å². The van der Waals surface area contributed by atoms with Gasteiger partial charge in [0.2, 0.25) is 0 Å². The highest BCUT2D eigenvalue weighted by molar-refractivity contribution is 7.80. The van der Waals surface area contributed by atoms with E-state index in [9.17, 15) is 0 Å². The Morgan fingerprint density at radius 2 is 1.32 bits per heavy atom. The SMILES string of the molecule is C=C(/C=C\CC)/C(C)=C\C(=C)c1ccccccc(/C(C)=C/C(=C\C)CC=C2/C(=C\C)C(C)(C)c3cc4cc(S)c(-c5ccccc5)cc4cc32)c2ccccc12. The van der Waals surface area contributed by atoms with E-state index in [1.165, 1.54) is 60.7 Å². The molecule has 1 aliphatic rings. The molecule has 0 atom stereocenters. The molecule has 0 heterocycles. The van der Waals surface area contributed by atoms with Crippen LogP contribution in [0.3, 0.4) is 0 Å². The maximum Gasteiger partial charge on any atom is 0.0155 e. The average molecular weight is 761 g/mol. The summed E-state index contributed by atoms with van der Waals surface area (Å²) in [5.41, 5.74) is 15.4. The predicted molar refractivity (Wildman–Crippen MR) is 256 cm³/mol. The third kappa shape index (κ3) is 8.85. The minimum atomic E-state index is -0.116. The molecule has 0 aliphatic heterocycles. The Balaban J connectivity index is 1.42. The van der Waals surface area contributed by atoms with Crippen molar-refractivity contribution in [1.29, 1.82) is 0 Å². The lowest BCUT2D eigenvalue weighted by molar-refractivity contribution is 0.660. The van der Waals surface area contributed by atoms with Gasteiger partial charge >= 0.3 is 0 Å². The summed E-state index contributed by atoms with van der Waals surface area (Å²) in [6.07, 6.45) is 17.6. The van der Waals surface area contributed by atoms with Gasteiger partial charge in [0.05, 0.1) is 0 Å². The van der Waals surface area contributed by atoms with Crippen molar-refractivity contribution in [1.82, 2.24) is 0 Å². The van der Waals surface area contributed by atoms with Crippen LogP contribution in [0.5, 0.6) is 0 Å². The van der Waals surface area contributed by atoms with Gasteiger partial charge in [0.1, 0.15) is 0 Å². The summed E-state index contributed by atoms with van der Waals surface area (Å²) in [4.78, 5) is 0.998. The molecular weight excluding hydrogens is 705 g/mol. The second-order valence-electron chi connectivity index (χ2n) is 15.5. The van der Waals surface area contributed by atoms with Crippen molar-refractivity contribution in [3.8, 4) is 11.1 Å². The normalized spacial score (nSPS) is 15.8. The highest BCUT2D eigenvalue weighted by atomic mass is 32.1. The van der Waals surface area contributed by atoms with E-state index in [0.717, 1.165) is 51.0 Å². The van der Waals surface area contributed by atoms with Crippen LogP contribution in [0.4, 0.5) is 0 Å². The Labute approximate surface area is 347 Å². The molecule has 0 spiro atoms. The van der Waals surface area contributed by atoms with E-state index in [1.54, 1.807) is 0 Å². The van der Waals surface area contributed by atoms with Crippen molar-refractivity contribution in [2.75, 3.05) is 0 Å². The Kier molecular flexibility index (Phi) is 13.0. The first-order valence-corrected chi connectivity index (χ1v) is 20.6. The van der Waals surface area contributed by atoms with Crippen LogP contribution in [0, 0.1) is 0 Å². The second kappa shape index (κ2) is 18.1. The molecule has 1 aliphatic carbocycles. The number of hydrogen-bond donors (Lipinski definition) is 1. The van der Waals surface area contributed by atoms with E-state index in [4.69, 9.17) is 12.6 Å². The highest BCUT2D eigenvalue weighted by Gasteiger charge is 2.37. The van der Waals surface area contributed by atoms with Crippen LogP contribution in [-0.4, -0.2) is 0 Å². The molecule has 0 fully saturated rings. The lowest BCUT2D eigenvalue weighted by Crippen LogP contribution is -2.15. The quantitative estimate of drug-likeness (QED) is 0.106. The van der Waals surface area contributed by atoms with Crippen LogP contribution < -0.4 is 0 Å². The smallest absolute Gasteiger partial charge is 0.0155 e. The van der Waals surface area contributed by atoms with Gasteiger partial charge in [0, 0.05) is 10.3 Å². The van der Waals surface area contributed by atoms with E-state index in [2.05, 4.69) is 219 Å². The molecule has 0 saturated carbocycles. The van der Waals surface area contributed by atoms with E-state index in [0.29, 0.717) is 0 Å². The monoisotopic (exact) mass is 760 g/mol. The topological polar surface area (TPSA) is 0 Å². The van der Waals surface area contributed by atoms with Crippen LogP contribution in [0.25, 0.3) is 49.4 Å². The molecule has 0 aromatic heterocycles. The molecular formula is C56H56S. The molecule has 1 heteroatoms. The molecule has 0 N–H and O–H groups in total. The average Bonchev–Trinajstić information content (AvgIpc) is 3.42. The van der Waals surface area contributed by atoms with E-state index < -0.39 is 0 Å². The predicted octanol–water partition coefficient (Wildman–Crippen LogP) is 16.6. The zero-order chi connectivity index (χ0) is 40.7. The Morgan fingerprint density at radius 3 is 1.98 bits per heavy atom. The van der Waals surface area contributed by atoms with Gasteiger partial charge in [-0.3, -0.25) is 0 Å². The number of thiol groups is 1. The van der Waals surface area contributed by atoms with Crippen molar-refractivity contribution < 1.29 is 0 Å². The molecule has 0 radical (unpaired) electrons. The highest BCUT2D eigenvalue weighted by Crippen LogP contribution is 2.51. The van der Waals surface area contributed by atoms with Crippen LogP contribution >= 0.6 is 12.6 Å². The fourth-order valence-electron chi connectivity index (χ4n) is 8.14. The van der Waals surface area contributed by atoms with Gasteiger partial charge in [-0.1, -0.05) is 167 Å². The van der Waals surface area contributed by atoms with Crippen LogP contribution in [0.1, 0.15) is 83.6 Å². The van der Waals surface area contributed by atoms with Crippen molar-refractivity contribution in [2.45, 2.75) is 71.6 Å². The van der Waals surface area contributed by atoms with Gasteiger partial charge in [0.25, 0.3) is 0 Å². The molecule has 0 amide bonds. The summed E-state index contributed by atoms with van der Waals surface area (Å²) in [5, 5.41) is 4.79. The largest absolute Gasteiger partial charge is 0.143 e. The molecule has 0 bridgehead atoms. The zero-order valence-corrected chi connectivity index (χ0v) is 35.7. The Bertz CT molecular complexity index is 2610. The standard InChI is InChI=1S/C56H56S/c1-10-13-23-38(4)39(5)32-40(6)46-26-19-14-15-20-27-47(49-29-22-21-28-48(46)49)41(7)33-42(11-2)30-31-50-52-35-44-34-51(43-24-17-16-18-25-43)55(57)37-45(44)36-54(52)56(8,9)53(50)12-3/h11-29,31-37,57H,4,6,10,30H2,1-3,5,7-9H3/b15-14?,19-14?,20-15?,23-13-,26-19?,27-20?,39-32-,41-33+,42-11-,46-26?,47-27?,48-46?,49-47?,50-31?,53-12+. The van der Waals surface area contributed by atoms with Crippen LogP contribution in [0.2, 0.25) is 0 Å². The molecule has 286 valence electrons. The maximum atomic E-state index is 4.94. The molecule has 6 rings (SSSR count). The minimum absolute atomic E-state index is 0.116. The Hall–Kier alpha value is -5.63. The maximum absolute atomic E-state index is 4.94. The van der Waals surface area contributed by atoms with E-state index >= 15 is 0 Å². The lowest BCUT2D eigenvalue weighted by Gasteiger charge is -2.22. The summed E-state index contributed by atoms with van der Waals surface area (Å²) >= 11 is 4.94. The van der Waals surface area contributed by atoms with Gasteiger partial charge in [-0.2, -0.15) is 0 Å². The van der Waals surface area contributed by atoms with Crippen molar-refractivity contribution >= 4 is 50.9 Å². The second-order valence-corrected chi connectivity index (χ2v) is 16.0. The fourth-order valence-corrected chi connectivity index (χ4v) is 8.47. The first kappa shape index (κ1) is 41.0. The number of fused-ring (bicyclic) bond motifs is 3. The molecule has 5 aromatic rings. The molecule has 0 saturated heterocycles. The first-order chi connectivity index (χ1) is 27.5. The summed E-state index contributed by atoms with van der Waals surface area (Å²) in [6.45, 7) is 24.4. The Morgan fingerprint density at radius 1 is 0.719 bits per heavy atom. The summed E-state index contributed by atoms with van der Waals surface area (Å²) in [5.74, 6) is 0. The van der Waals surface area contributed by atoms with Gasteiger partial charge in [-0.25, -0.2) is 0 Å². The van der Waals surface area contributed by atoms with Gasteiger partial charge < -0.3 is 0 Å². The van der Waals surface area contributed by atoms with Crippen molar-refractivity contribution in [2.24, 2.45) is 0 Å². The number of allylic oxidation sites excluding steroid dienone is 14. The molecule has 0 unspecified atom stereocenters. The van der Waals surface area contributed by atoms with Crippen LogP contribution in [-0.2, 0) is 5.41 Å². The summed E-state index contributed by atoms with van der Waals surface area (Å²) < 4.78 is 0. The minimum Gasteiger partial charge on any atom is -0.143 e. The first-order valence-electron chi connectivity index (χ1n) is 20.1.